The molecule has 1 aromatic carbocycles. The van der Waals surface area contributed by atoms with E-state index in [0.717, 1.165) is 18.2 Å². The number of furan rings is 1. The van der Waals surface area contributed by atoms with Gasteiger partial charge in [0.1, 0.15) is 16.4 Å². The molecule has 0 amide bonds. The summed E-state index contributed by atoms with van der Waals surface area (Å²) in [5, 5.41) is 0. The predicted octanol–water partition coefficient (Wildman–Crippen LogP) is 2.13. The van der Waals surface area contributed by atoms with Gasteiger partial charge in [0.25, 0.3) is 10.0 Å². The van der Waals surface area contributed by atoms with Gasteiger partial charge in [-0.1, -0.05) is 0 Å². The van der Waals surface area contributed by atoms with E-state index in [1.54, 1.807) is 0 Å². The molecule has 0 atom stereocenters. The van der Waals surface area contributed by atoms with Crippen LogP contribution < -0.4 is 10.5 Å². The van der Waals surface area contributed by atoms with Crippen molar-refractivity contribution in [2.75, 3.05) is 4.72 Å². The molecule has 0 bridgehead atoms. The topological polar surface area (TPSA) is 85.3 Å². The maximum atomic E-state index is 13.0. The number of hydrogen-bond acceptors (Lipinski definition) is 4. The van der Waals surface area contributed by atoms with Crippen molar-refractivity contribution in [1.82, 2.24) is 0 Å². The third kappa shape index (κ3) is 2.81. The van der Waals surface area contributed by atoms with Crippen LogP contribution in [0.4, 0.5) is 14.5 Å². The van der Waals surface area contributed by atoms with Gasteiger partial charge in [-0.3, -0.25) is 4.72 Å². The summed E-state index contributed by atoms with van der Waals surface area (Å²) in [7, 11) is -3.95. The number of hydrogen-bond donors (Lipinski definition) is 2. The average molecular weight is 302 g/mol. The molecule has 0 aliphatic heterocycles. The third-order valence-corrected chi connectivity index (χ3v) is 4.07. The van der Waals surface area contributed by atoms with Crippen LogP contribution in [0.5, 0.6) is 0 Å². The maximum absolute atomic E-state index is 13.0. The minimum atomic E-state index is -3.95. The SMILES string of the molecule is Cc1oc(CN)cc1S(=O)(=O)Nc1ccc(F)c(F)c1. The van der Waals surface area contributed by atoms with Gasteiger partial charge in [0.15, 0.2) is 11.6 Å². The normalized spacial score (nSPS) is 11.6. The van der Waals surface area contributed by atoms with E-state index in [0.29, 0.717) is 5.76 Å². The summed E-state index contributed by atoms with van der Waals surface area (Å²) < 4.78 is 57.4. The van der Waals surface area contributed by atoms with E-state index in [2.05, 4.69) is 4.72 Å². The van der Waals surface area contributed by atoms with E-state index < -0.39 is 21.7 Å². The highest BCUT2D eigenvalue weighted by molar-refractivity contribution is 7.92. The molecule has 20 heavy (non-hydrogen) atoms. The van der Waals surface area contributed by atoms with Gasteiger partial charge in [-0.25, -0.2) is 17.2 Å². The van der Waals surface area contributed by atoms with E-state index in [9.17, 15) is 17.2 Å². The summed E-state index contributed by atoms with van der Waals surface area (Å²) in [5.74, 6) is -1.72. The third-order valence-electron chi connectivity index (χ3n) is 2.59. The van der Waals surface area contributed by atoms with Gasteiger partial charge in [-0.2, -0.15) is 0 Å². The molecule has 0 fully saturated rings. The Bertz CT molecular complexity index is 741. The van der Waals surface area contributed by atoms with Crippen LogP contribution in [0.1, 0.15) is 11.5 Å². The predicted molar refractivity (Wildman–Crippen MR) is 68.5 cm³/mol. The van der Waals surface area contributed by atoms with Gasteiger partial charge in [0, 0.05) is 12.1 Å². The molecule has 0 aliphatic rings. The first-order valence-corrected chi connectivity index (χ1v) is 7.09. The molecule has 0 unspecified atom stereocenters. The minimum absolute atomic E-state index is 0.0571. The molecule has 0 spiro atoms. The monoisotopic (exact) mass is 302 g/mol. The number of rotatable bonds is 4. The molecule has 1 heterocycles. The summed E-state index contributed by atoms with van der Waals surface area (Å²) in [5.41, 5.74) is 5.28. The quantitative estimate of drug-likeness (QED) is 0.906. The van der Waals surface area contributed by atoms with E-state index in [-0.39, 0.29) is 22.9 Å². The second-order valence-electron chi connectivity index (χ2n) is 4.07. The summed E-state index contributed by atoms with van der Waals surface area (Å²) >= 11 is 0. The van der Waals surface area contributed by atoms with Crippen LogP contribution in [0.3, 0.4) is 0 Å². The van der Waals surface area contributed by atoms with Crippen LogP contribution >= 0.6 is 0 Å². The van der Waals surface area contributed by atoms with E-state index in [1.165, 1.54) is 13.0 Å². The lowest BCUT2D eigenvalue weighted by Crippen LogP contribution is -2.13. The first-order valence-electron chi connectivity index (χ1n) is 5.60. The Hall–Kier alpha value is -1.93. The van der Waals surface area contributed by atoms with Crippen LogP contribution in [0.25, 0.3) is 0 Å². The maximum Gasteiger partial charge on any atom is 0.265 e. The number of nitrogens with two attached hydrogens (primary N) is 1. The fraction of sp³-hybridized carbons (Fsp3) is 0.167. The molecule has 0 saturated carbocycles. The van der Waals surface area contributed by atoms with Crippen LogP contribution in [0, 0.1) is 18.6 Å². The Morgan fingerprint density at radius 3 is 2.50 bits per heavy atom. The Labute approximate surface area is 114 Å². The van der Waals surface area contributed by atoms with Crippen LogP contribution in [0.2, 0.25) is 0 Å². The Morgan fingerprint density at radius 1 is 1.25 bits per heavy atom. The van der Waals surface area contributed by atoms with Crippen molar-refractivity contribution in [3.63, 3.8) is 0 Å². The largest absolute Gasteiger partial charge is 0.464 e. The molecular weight excluding hydrogens is 290 g/mol. The summed E-state index contributed by atoms with van der Waals surface area (Å²) in [6.07, 6.45) is 0. The second kappa shape index (κ2) is 5.22. The zero-order chi connectivity index (χ0) is 14.9. The Balaban J connectivity index is 2.35. The van der Waals surface area contributed by atoms with Crippen molar-refractivity contribution in [3.8, 4) is 0 Å². The van der Waals surface area contributed by atoms with Gasteiger partial charge >= 0.3 is 0 Å². The summed E-state index contributed by atoms with van der Waals surface area (Å²) in [6, 6.07) is 4.00. The van der Waals surface area contributed by atoms with E-state index in [4.69, 9.17) is 10.2 Å². The van der Waals surface area contributed by atoms with Crippen molar-refractivity contribution in [2.45, 2.75) is 18.4 Å². The van der Waals surface area contributed by atoms with Gasteiger partial charge < -0.3 is 10.2 Å². The standard InChI is InChI=1S/C12H12F2N2O3S/c1-7-12(5-9(6-15)19-7)20(17,18)16-8-2-3-10(13)11(14)4-8/h2-5,16H,6,15H2,1H3. The first-order chi connectivity index (χ1) is 9.33. The van der Waals surface area contributed by atoms with E-state index in [1.807, 2.05) is 0 Å². The highest BCUT2D eigenvalue weighted by Gasteiger charge is 2.21. The lowest BCUT2D eigenvalue weighted by Gasteiger charge is -2.07. The number of benzene rings is 1. The Morgan fingerprint density at radius 2 is 1.95 bits per heavy atom. The van der Waals surface area contributed by atoms with Gasteiger partial charge in [-0.05, 0) is 19.1 Å². The van der Waals surface area contributed by atoms with E-state index >= 15 is 0 Å². The van der Waals surface area contributed by atoms with Crippen LogP contribution in [0.15, 0.2) is 33.6 Å². The molecular formula is C12H12F2N2O3S. The van der Waals surface area contributed by atoms with Crippen LogP contribution in [-0.2, 0) is 16.6 Å². The number of nitrogens with one attached hydrogen (secondary N) is 1. The smallest absolute Gasteiger partial charge is 0.265 e. The minimum Gasteiger partial charge on any atom is -0.464 e. The van der Waals surface area contributed by atoms with Crippen molar-refractivity contribution in [3.05, 3.63) is 47.4 Å². The van der Waals surface area contributed by atoms with Crippen LogP contribution in [-0.4, -0.2) is 8.42 Å². The molecule has 8 heteroatoms. The molecule has 108 valence electrons. The fourth-order valence-electron chi connectivity index (χ4n) is 1.66. The molecule has 2 aromatic rings. The summed E-state index contributed by atoms with van der Waals surface area (Å²) in [4.78, 5) is -0.0947. The lowest BCUT2D eigenvalue weighted by molar-refractivity contribution is 0.479. The first kappa shape index (κ1) is 14.5. The highest BCUT2D eigenvalue weighted by atomic mass is 32.2. The van der Waals surface area contributed by atoms with Gasteiger partial charge in [-0.15, -0.1) is 0 Å². The molecule has 1 aromatic heterocycles. The zero-order valence-corrected chi connectivity index (χ0v) is 11.3. The van der Waals surface area contributed by atoms with Gasteiger partial charge in [0.2, 0.25) is 0 Å². The van der Waals surface area contributed by atoms with Gasteiger partial charge in [0.05, 0.1) is 12.2 Å². The van der Waals surface area contributed by atoms with Crippen molar-refractivity contribution < 1.29 is 21.6 Å². The highest BCUT2D eigenvalue weighted by Crippen LogP contribution is 2.23. The van der Waals surface area contributed by atoms with Crippen molar-refractivity contribution >= 4 is 15.7 Å². The molecule has 0 aliphatic carbocycles. The summed E-state index contributed by atoms with van der Waals surface area (Å²) in [6.45, 7) is 1.53. The number of anilines is 1. The lowest BCUT2D eigenvalue weighted by atomic mass is 10.3. The number of halogens is 2. The number of sulfonamides is 1. The second-order valence-corrected chi connectivity index (χ2v) is 5.72. The Kier molecular flexibility index (Phi) is 3.78. The zero-order valence-electron chi connectivity index (χ0n) is 10.5. The molecule has 0 saturated heterocycles. The van der Waals surface area contributed by atoms with Crippen molar-refractivity contribution in [1.29, 1.82) is 0 Å². The molecule has 3 N–H and O–H groups in total. The number of aryl methyl sites for hydroxylation is 1. The average Bonchev–Trinajstić information content (AvgIpc) is 2.76. The molecule has 2 rings (SSSR count). The molecule has 5 nitrogen and oxygen atoms in total. The fourth-order valence-corrected chi connectivity index (χ4v) is 2.92. The van der Waals surface area contributed by atoms with Crippen molar-refractivity contribution in [2.24, 2.45) is 5.73 Å². The molecule has 0 radical (unpaired) electrons.